The molecular formula is C12H10F3N7. The minimum atomic E-state index is -4.40. The summed E-state index contributed by atoms with van der Waals surface area (Å²) in [6, 6.07) is 4.94. The van der Waals surface area contributed by atoms with Crippen molar-refractivity contribution in [1.29, 1.82) is 0 Å². The van der Waals surface area contributed by atoms with Crippen molar-refractivity contribution in [2.24, 2.45) is 0 Å². The fraction of sp³-hybridized carbons (Fsp3) is 0.250. The van der Waals surface area contributed by atoms with E-state index in [9.17, 15) is 13.2 Å². The molecule has 0 aliphatic carbocycles. The van der Waals surface area contributed by atoms with Gasteiger partial charge >= 0.3 is 6.18 Å². The van der Waals surface area contributed by atoms with Gasteiger partial charge in [-0.2, -0.15) is 18.3 Å². The largest absolute Gasteiger partial charge is 0.416 e. The van der Waals surface area contributed by atoms with Crippen molar-refractivity contribution < 1.29 is 13.2 Å². The van der Waals surface area contributed by atoms with Crippen molar-refractivity contribution in [3.63, 3.8) is 0 Å². The van der Waals surface area contributed by atoms with Gasteiger partial charge in [0.15, 0.2) is 0 Å². The predicted molar refractivity (Wildman–Crippen MR) is 67.9 cm³/mol. The number of aromatic nitrogens is 7. The first kappa shape index (κ1) is 14.2. The van der Waals surface area contributed by atoms with Gasteiger partial charge < -0.3 is 0 Å². The Morgan fingerprint density at radius 2 is 2.05 bits per heavy atom. The summed E-state index contributed by atoms with van der Waals surface area (Å²) >= 11 is 0. The molecule has 0 fully saturated rings. The van der Waals surface area contributed by atoms with Crippen LogP contribution in [0.5, 0.6) is 0 Å². The number of benzene rings is 1. The molecule has 0 amide bonds. The number of rotatable bonds is 4. The lowest BCUT2D eigenvalue weighted by atomic mass is 10.2. The number of tetrazole rings is 1. The van der Waals surface area contributed by atoms with Gasteiger partial charge in [-0.05, 0) is 28.6 Å². The van der Waals surface area contributed by atoms with Gasteiger partial charge in [0, 0.05) is 6.42 Å². The van der Waals surface area contributed by atoms with Crippen molar-refractivity contribution in [2.45, 2.75) is 19.1 Å². The number of hydrogen-bond donors (Lipinski definition) is 0. The standard InChI is InChI=1S/C12H10F3N7/c13-12(14,15)9-2-1-3-10(6-9)22-11(16-7-18-22)4-5-21-8-17-19-20-21/h1-3,6-8H,4-5H2. The van der Waals surface area contributed by atoms with Gasteiger partial charge in [0.05, 0.1) is 17.8 Å². The summed E-state index contributed by atoms with van der Waals surface area (Å²) in [6.07, 6.45) is -1.22. The van der Waals surface area contributed by atoms with E-state index >= 15 is 0 Å². The molecule has 0 atom stereocenters. The fourth-order valence-corrected chi connectivity index (χ4v) is 1.96. The van der Waals surface area contributed by atoms with Gasteiger partial charge in [-0.3, -0.25) is 0 Å². The molecule has 10 heteroatoms. The van der Waals surface area contributed by atoms with Crippen LogP contribution in [0.2, 0.25) is 0 Å². The lowest BCUT2D eigenvalue weighted by molar-refractivity contribution is -0.137. The second-order valence-electron chi connectivity index (χ2n) is 4.46. The van der Waals surface area contributed by atoms with Crippen molar-refractivity contribution in [2.75, 3.05) is 0 Å². The molecule has 2 aromatic heterocycles. The molecular weight excluding hydrogens is 299 g/mol. The number of alkyl halides is 3. The molecule has 3 aromatic rings. The van der Waals surface area contributed by atoms with E-state index in [0.29, 0.717) is 24.5 Å². The second kappa shape index (κ2) is 5.54. The van der Waals surface area contributed by atoms with Crippen LogP contribution in [0.25, 0.3) is 5.69 Å². The van der Waals surface area contributed by atoms with Gasteiger partial charge in [0.2, 0.25) is 0 Å². The SMILES string of the molecule is FC(F)(F)c1cccc(-n2ncnc2CCn2cnnn2)c1. The Hall–Kier alpha value is -2.78. The van der Waals surface area contributed by atoms with Crippen molar-refractivity contribution in [3.8, 4) is 5.69 Å². The third-order valence-corrected chi connectivity index (χ3v) is 2.99. The Labute approximate surface area is 122 Å². The molecule has 22 heavy (non-hydrogen) atoms. The topological polar surface area (TPSA) is 74.3 Å². The summed E-state index contributed by atoms with van der Waals surface area (Å²) in [6.45, 7) is 0.449. The number of aryl methyl sites for hydroxylation is 2. The van der Waals surface area contributed by atoms with Gasteiger partial charge in [-0.25, -0.2) is 14.3 Å². The highest BCUT2D eigenvalue weighted by atomic mass is 19.4. The molecule has 0 aliphatic rings. The Kier molecular flexibility index (Phi) is 3.57. The number of nitrogens with zero attached hydrogens (tertiary/aromatic N) is 7. The van der Waals surface area contributed by atoms with Crippen LogP contribution >= 0.6 is 0 Å². The van der Waals surface area contributed by atoms with Crippen LogP contribution < -0.4 is 0 Å². The molecule has 3 rings (SSSR count). The third-order valence-electron chi connectivity index (χ3n) is 2.99. The molecule has 0 aliphatic heterocycles. The molecule has 0 N–H and O–H groups in total. The van der Waals surface area contributed by atoms with Gasteiger partial charge in [0.1, 0.15) is 18.5 Å². The predicted octanol–water partition coefficient (Wildman–Crippen LogP) is 1.52. The van der Waals surface area contributed by atoms with Crippen molar-refractivity contribution >= 4 is 0 Å². The summed E-state index contributed by atoms with van der Waals surface area (Å²) in [7, 11) is 0. The highest BCUT2D eigenvalue weighted by Gasteiger charge is 2.30. The Balaban J connectivity index is 1.85. The molecule has 0 saturated heterocycles. The van der Waals surface area contributed by atoms with E-state index in [1.54, 1.807) is 6.07 Å². The van der Waals surface area contributed by atoms with E-state index in [-0.39, 0.29) is 0 Å². The first-order valence-electron chi connectivity index (χ1n) is 6.31. The average molecular weight is 309 g/mol. The quantitative estimate of drug-likeness (QED) is 0.730. The summed E-state index contributed by atoms with van der Waals surface area (Å²) in [5, 5.41) is 14.7. The number of hydrogen-bond acceptors (Lipinski definition) is 5. The minimum Gasteiger partial charge on any atom is -0.232 e. The average Bonchev–Trinajstić information content (AvgIpc) is 3.16. The zero-order chi connectivity index (χ0) is 15.6. The maximum absolute atomic E-state index is 12.8. The monoisotopic (exact) mass is 309 g/mol. The van der Waals surface area contributed by atoms with Crippen LogP contribution in [0.1, 0.15) is 11.4 Å². The van der Waals surface area contributed by atoms with E-state index in [1.807, 2.05) is 0 Å². The van der Waals surface area contributed by atoms with E-state index in [4.69, 9.17) is 0 Å². The van der Waals surface area contributed by atoms with Gasteiger partial charge in [-0.1, -0.05) is 6.07 Å². The van der Waals surface area contributed by atoms with Crippen LogP contribution in [0, 0.1) is 0 Å². The van der Waals surface area contributed by atoms with Gasteiger partial charge in [0.25, 0.3) is 0 Å². The van der Waals surface area contributed by atoms with Crippen molar-refractivity contribution in [3.05, 3.63) is 48.3 Å². The summed E-state index contributed by atoms with van der Waals surface area (Å²) in [5.41, 5.74) is -0.425. The molecule has 7 nitrogen and oxygen atoms in total. The smallest absolute Gasteiger partial charge is 0.232 e. The molecule has 0 unspecified atom stereocenters. The Bertz CT molecular complexity index is 748. The highest BCUT2D eigenvalue weighted by Crippen LogP contribution is 2.30. The molecule has 114 valence electrons. The molecule has 2 heterocycles. The van der Waals surface area contributed by atoms with Crippen LogP contribution in [0.4, 0.5) is 13.2 Å². The lowest BCUT2D eigenvalue weighted by Crippen LogP contribution is -2.10. The van der Waals surface area contributed by atoms with Crippen LogP contribution in [0.3, 0.4) is 0 Å². The van der Waals surface area contributed by atoms with Crippen LogP contribution in [-0.2, 0) is 19.1 Å². The summed E-state index contributed by atoms with van der Waals surface area (Å²) in [4.78, 5) is 4.07. The zero-order valence-corrected chi connectivity index (χ0v) is 11.1. The van der Waals surface area contributed by atoms with E-state index < -0.39 is 11.7 Å². The first-order valence-corrected chi connectivity index (χ1v) is 6.31. The maximum Gasteiger partial charge on any atom is 0.416 e. The van der Waals surface area contributed by atoms with Crippen LogP contribution in [0.15, 0.2) is 36.9 Å². The molecule has 0 saturated carbocycles. The first-order chi connectivity index (χ1) is 10.5. The van der Waals surface area contributed by atoms with E-state index in [0.717, 1.165) is 12.1 Å². The zero-order valence-electron chi connectivity index (χ0n) is 11.1. The molecule has 0 spiro atoms. The summed E-state index contributed by atoms with van der Waals surface area (Å²) < 4.78 is 41.2. The van der Waals surface area contributed by atoms with E-state index in [2.05, 4.69) is 25.6 Å². The molecule has 1 aromatic carbocycles. The summed E-state index contributed by atoms with van der Waals surface area (Å²) in [5.74, 6) is 0.523. The van der Waals surface area contributed by atoms with E-state index in [1.165, 1.54) is 28.1 Å². The molecule has 0 bridgehead atoms. The third kappa shape index (κ3) is 2.95. The Morgan fingerprint density at radius 3 is 2.77 bits per heavy atom. The minimum absolute atomic E-state index is 0.305. The van der Waals surface area contributed by atoms with Crippen LogP contribution in [-0.4, -0.2) is 35.0 Å². The fourth-order valence-electron chi connectivity index (χ4n) is 1.96. The van der Waals surface area contributed by atoms with Crippen molar-refractivity contribution in [1.82, 2.24) is 35.0 Å². The maximum atomic E-state index is 12.8. The second-order valence-corrected chi connectivity index (χ2v) is 4.46. The number of halogens is 3. The molecule has 0 radical (unpaired) electrons. The van der Waals surface area contributed by atoms with Gasteiger partial charge in [-0.15, -0.1) is 5.10 Å². The lowest BCUT2D eigenvalue weighted by Gasteiger charge is -2.10. The Morgan fingerprint density at radius 1 is 1.18 bits per heavy atom. The highest BCUT2D eigenvalue weighted by molar-refractivity contribution is 5.36. The normalized spacial score (nSPS) is 11.8.